The van der Waals surface area contributed by atoms with Gasteiger partial charge in [0.15, 0.2) is 11.0 Å². The van der Waals surface area contributed by atoms with Gasteiger partial charge in [-0.05, 0) is 48.4 Å². The van der Waals surface area contributed by atoms with Gasteiger partial charge in [-0.25, -0.2) is 8.96 Å². The fraction of sp³-hybridized carbons (Fsp3) is 0.0625. The van der Waals surface area contributed by atoms with E-state index in [4.69, 9.17) is 4.42 Å². The van der Waals surface area contributed by atoms with Crippen LogP contribution in [0.4, 0.5) is 8.78 Å². The van der Waals surface area contributed by atoms with Gasteiger partial charge in [0.25, 0.3) is 5.82 Å². The monoisotopic (exact) mass is 502 g/mol. The molecule has 184 valence electrons. The van der Waals surface area contributed by atoms with Gasteiger partial charge in [0.2, 0.25) is 11.7 Å². The number of para-hydroxylation sites is 3. The van der Waals surface area contributed by atoms with Crippen molar-refractivity contribution in [2.24, 2.45) is 7.05 Å². The van der Waals surface area contributed by atoms with Crippen LogP contribution in [0.5, 0.6) is 0 Å². The minimum atomic E-state index is -0.907. The van der Waals surface area contributed by atoms with Gasteiger partial charge in [0, 0.05) is 17.0 Å². The maximum atomic E-state index is 14.7. The Balaban J connectivity index is 1.57. The Kier molecular flexibility index (Phi) is 4.91. The number of benzene rings is 4. The van der Waals surface area contributed by atoms with Crippen LogP contribution >= 0.6 is 0 Å². The van der Waals surface area contributed by atoms with E-state index in [-0.39, 0.29) is 11.1 Å². The molecule has 7 rings (SSSR count). The van der Waals surface area contributed by atoms with Gasteiger partial charge in [0.05, 0.1) is 18.0 Å². The number of imidazole rings is 1. The summed E-state index contributed by atoms with van der Waals surface area (Å²) in [6.45, 7) is 1.99. The van der Waals surface area contributed by atoms with E-state index in [0.717, 1.165) is 50.9 Å². The molecule has 0 amide bonds. The van der Waals surface area contributed by atoms with E-state index in [1.807, 2.05) is 68.6 Å². The first-order valence-electron chi connectivity index (χ1n) is 12.3. The summed E-state index contributed by atoms with van der Waals surface area (Å²) in [4.78, 5) is 3.78. The normalized spacial score (nSPS) is 11.7. The lowest BCUT2D eigenvalue weighted by Gasteiger charge is -2.11. The zero-order valence-corrected chi connectivity index (χ0v) is 20.7. The van der Waals surface area contributed by atoms with Crippen molar-refractivity contribution < 1.29 is 17.8 Å². The second kappa shape index (κ2) is 8.35. The first-order valence-corrected chi connectivity index (χ1v) is 12.3. The highest BCUT2D eigenvalue weighted by Gasteiger charge is 2.29. The van der Waals surface area contributed by atoms with E-state index in [9.17, 15) is 8.78 Å². The van der Waals surface area contributed by atoms with Crippen LogP contribution in [-0.4, -0.2) is 9.55 Å². The minimum absolute atomic E-state index is 0.0478. The highest BCUT2D eigenvalue weighted by Crippen LogP contribution is 2.38. The molecule has 0 atom stereocenters. The fourth-order valence-electron chi connectivity index (χ4n) is 5.49. The SMILES string of the molecule is Cc1cc2c(cc1-c1n(-c3ccccc3-c3ccccc3)c3ccccc3[n+]1C)oc1nc(F)cc(F)c12. The van der Waals surface area contributed by atoms with Crippen molar-refractivity contribution >= 4 is 33.1 Å². The van der Waals surface area contributed by atoms with Crippen molar-refractivity contribution in [3.63, 3.8) is 0 Å². The minimum Gasteiger partial charge on any atom is -0.437 e. The van der Waals surface area contributed by atoms with Gasteiger partial charge in [-0.1, -0.05) is 60.7 Å². The zero-order valence-electron chi connectivity index (χ0n) is 20.7. The van der Waals surface area contributed by atoms with Crippen LogP contribution < -0.4 is 4.57 Å². The number of halogens is 2. The molecule has 0 N–H and O–H groups in total. The molecular formula is C32H22F2N3O+. The maximum Gasteiger partial charge on any atom is 0.295 e. The molecular weight excluding hydrogens is 480 g/mol. The molecule has 4 nitrogen and oxygen atoms in total. The van der Waals surface area contributed by atoms with E-state index in [1.165, 1.54) is 0 Å². The first kappa shape index (κ1) is 22.4. The van der Waals surface area contributed by atoms with Crippen LogP contribution in [0.3, 0.4) is 0 Å². The van der Waals surface area contributed by atoms with Crippen molar-refractivity contribution in [2.75, 3.05) is 0 Å². The van der Waals surface area contributed by atoms with Crippen molar-refractivity contribution in [1.29, 1.82) is 0 Å². The Morgan fingerprint density at radius 3 is 2.39 bits per heavy atom. The van der Waals surface area contributed by atoms with E-state index in [2.05, 4.69) is 50.5 Å². The third-order valence-corrected chi connectivity index (χ3v) is 7.19. The predicted molar refractivity (Wildman–Crippen MR) is 145 cm³/mol. The summed E-state index contributed by atoms with van der Waals surface area (Å²) in [6.07, 6.45) is 0. The summed E-state index contributed by atoms with van der Waals surface area (Å²) in [5.41, 5.74) is 7.60. The van der Waals surface area contributed by atoms with Crippen LogP contribution in [0, 0.1) is 18.7 Å². The lowest BCUT2D eigenvalue weighted by atomic mass is 10.0. The Hall–Kier alpha value is -4.84. The summed E-state index contributed by atoms with van der Waals surface area (Å²) in [5, 5.41) is 0.761. The molecule has 7 aromatic rings. The standard InChI is InChI=1S/C32H22F2N3O/c1-19-16-23-28(38-31-30(23)24(33)18-29(34)35-31)17-22(19)32-36(2)26-14-8-9-15-27(26)37(32)25-13-7-6-12-21(25)20-10-4-3-5-11-20/h3-18H,1-2H3/q+1. The number of pyridine rings is 1. The number of hydrogen-bond donors (Lipinski definition) is 0. The number of furan rings is 1. The number of nitrogens with zero attached hydrogens (tertiary/aromatic N) is 3. The summed E-state index contributed by atoms with van der Waals surface area (Å²) >= 11 is 0. The lowest BCUT2D eigenvalue weighted by molar-refractivity contribution is -0.633. The Morgan fingerprint density at radius 1 is 0.816 bits per heavy atom. The van der Waals surface area contributed by atoms with Crippen LogP contribution in [0.1, 0.15) is 5.56 Å². The quantitative estimate of drug-likeness (QED) is 0.184. The molecule has 3 aromatic heterocycles. The lowest BCUT2D eigenvalue weighted by Crippen LogP contribution is -2.30. The van der Waals surface area contributed by atoms with E-state index in [0.29, 0.717) is 11.0 Å². The Morgan fingerprint density at radius 2 is 1.55 bits per heavy atom. The molecule has 0 unspecified atom stereocenters. The van der Waals surface area contributed by atoms with Gasteiger partial charge >= 0.3 is 0 Å². The summed E-state index contributed by atoms with van der Waals surface area (Å²) < 4.78 is 38.8. The van der Waals surface area contributed by atoms with Crippen LogP contribution in [0.15, 0.2) is 101 Å². The van der Waals surface area contributed by atoms with Gasteiger partial charge < -0.3 is 4.42 Å². The average Bonchev–Trinajstić information content (AvgIpc) is 3.43. The highest BCUT2D eigenvalue weighted by atomic mass is 19.1. The van der Waals surface area contributed by atoms with Crippen molar-refractivity contribution in [3.8, 4) is 28.2 Å². The molecule has 6 heteroatoms. The molecule has 0 bridgehead atoms. The van der Waals surface area contributed by atoms with Gasteiger partial charge in [0.1, 0.15) is 17.1 Å². The van der Waals surface area contributed by atoms with E-state index in [1.54, 1.807) is 0 Å². The van der Waals surface area contributed by atoms with E-state index < -0.39 is 11.8 Å². The van der Waals surface area contributed by atoms with Gasteiger partial charge in [-0.3, -0.25) is 0 Å². The molecule has 38 heavy (non-hydrogen) atoms. The molecule has 4 aromatic carbocycles. The fourth-order valence-corrected chi connectivity index (χ4v) is 5.49. The third-order valence-electron chi connectivity index (χ3n) is 7.19. The Bertz CT molecular complexity index is 2020. The summed E-state index contributed by atoms with van der Waals surface area (Å²) in [7, 11) is 2.04. The van der Waals surface area contributed by atoms with Crippen molar-refractivity contribution in [3.05, 3.63) is 114 Å². The molecule has 0 aliphatic rings. The van der Waals surface area contributed by atoms with Crippen LogP contribution in [0.2, 0.25) is 0 Å². The Labute approximate surface area is 217 Å². The second-order valence-electron chi connectivity index (χ2n) is 9.46. The molecule has 0 aliphatic heterocycles. The maximum absolute atomic E-state index is 14.7. The molecule has 0 spiro atoms. The molecule has 3 heterocycles. The first-order chi connectivity index (χ1) is 18.5. The van der Waals surface area contributed by atoms with E-state index >= 15 is 0 Å². The molecule has 0 fully saturated rings. The third kappa shape index (κ3) is 3.27. The topological polar surface area (TPSA) is 34.8 Å². The van der Waals surface area contributed by atoms with Crippen molar-refractivity contribution in [2.45, 2.75) is 6.92 Å². The van der Waals surface area contributed by atoms with Gasteiger partial charge in [-0.15, -0.1) is 0 Å². The number of rotatable bonds is 3. The number of fused-ring (bicyclic) bond motifs is 4. The molecule has 0 radical (unpaired) electrons. The predicted octanol–water partition coefficient (Wildman–Crippen LogP) is 7.67. The molecule has 0 saturated carbocycles. The summed E-state index contributed by atoms with van der Waals surface area (Å²) in [5.74, 6) is -0.654. The zero-order chi connectivity index (χ0) is 26.0. The largest absolute Gasteiger partial charge is 0.437 e. The smallest absolute Gasteiger partial charge is 0.295 e. The highest BCUT2D eigenvalue weighted by molar-refractivity contribution is 6.05. The van der Waals surface area contributed by atoms with Crippen LogP contribution in [-0.2, 0) is 7.05 Å². The number of aromatic nitrogens is 3. The second-order valence-corrected chi connectivity index (χ2v) is 9.46. The van der Waals surface area contributed by atoms with Crippen LogP contribution in [0.25, 0.3) is 61.3 Å². The number of hydrogen-bond acceptors (Lipinski definition) is 2. The average molecular weight is 503 g/mol. The van der Waals surface area contributed by atoms with Gasteiger partial charge in [-0.2, -0.15) is 13.9 Å². The van der Waals surface area contributed by atoms with Crippen molar-refractivity contribution in [1.82, 2.24) is 9.55 Å². The summed E-state index contributed by atoms with van der Waals surface area (Å²) in [6, 6.07) is 31.5. The molecule has 0 saturated heterocycles. The number of aryl methyl sites for hydroxylation is 2. The molecule has 0 aliphatic carbocycles.